The zero-order chi connectivity index (χ0) is 17.7. The van der Waals surface area contributed by atoms with Crippen LogP contribution in [0.15, 0.2) is 36.4 Å². The molecular weight excluding hydrogens is 425 g/mol. The molecule has 0 unspecified atom stereocenters. The Morgan fingerprint density at radius 1 is 1.25 bits per heavy atom. The number of esters is 1. The van der Waals surface area contributed by atoms with Gasteiger partial charge in [-0.05, 0) is 65.4 Å². The summed E-state index contributed by atoms with van der Waals surface area (Å²) in [6, 6.07) is 10.0. The molecule has 0 atom stereocenters. The van der Waals surface area contributed by atoms with Crippen LogP contribution < -0.4 is 10.1 Å². The van der Waals surface area contributed by atoms with Gasteiger partial charge in [0, 0.05) is 9.26 Å². The van der Waals surface area contributed by atoms with Crippen LogP contribution in [-0.4, -0.2) is 30.7 Å². The number of hydrogen-bond acceptors (Lipinski definition) is 5. The van der Waals surface area contributed by atoms with Gasteiger partial charge in [-0.15, -0.1) is 0 Å². The molecule has 0 aliphatic rings. The smallest absolute Gasteiger partial charge is 0.342 e. The van der Waals surface area contributed by atoms with Gasteiger partial charge in [0.25, 0.3) is 5.91 Å². The summed E-state index contributed by atoms with van der Waals surface area (Å²) in [6.07, 6.45) is 0. The molecule has 1 amide bonds. The Labute approximate surface area is 152 Å². The van der Waals surface area contributed by atoms with Crippen molar-refractivity contribution < 1.29 is 24.2 Å². The van der Waals surface area contributed by atoms with Gasteiger partial charge in [0.05, 0.1) is 7.11 Å². The number of hydrogen-bond donors (Lipinski definition) is 2. The third-order valence-electron chi connectivity index (χ3n) is 3.24. The summed E-state index contributed by atoms with van der Waals surface area (Å²) >= 11 is 2.18. The van der Waals surface area contributed by atoms with Crippen LogP contribution in [0.2, 0.25) is 0 Å². The van der Waals surface area contributed by atoms with Gasteiger partial charge in [-0.2, -0.15) is 0 Å². The summed E-state index contributed by atoms with van der Waals surface area (Å²) in [6.45, 7) is 1.42. The minimum Gasteiger partial charge on any atom is -0.504 e. The van der Waals surface area contributed by atoms with E-state index in [-0.39, 0.29) is 17.1 Å². The van der Waals surface area contributed by atoms with Crippen molar-refractivity contribution in [3.8, 4) is 11.5 Å². The number of amides is 1. The molecule has 0 saturated heterocycles. The van der Waals surface area contributed by atoms with E-state index >= 15 is 0 Å². The predicted molar refractivity (Wildman–Crippen MR) is 97.5 cm³/mol. The van der Waals surface area contributed by atoms with Crippen LogP contribution in [-0.2, 0) is 9.53 Å². The van der Waals surface area contributed by atoms with E-state index in [1.165, 1.54) is 19.2 Å². The molecule has 2 N–H and O–H groups in total. The number of nitrogens with one attached hydrogen (secondary N) is 1. The molecule has 0 bridgehead atoms. The fourth-order valence-electron chi connectivity index (χ4n) is 2.01. The molecule has 0 heterocycles. The first-order valence-corrected chi connectivity index (χ1v) is 8.09. The van der Waals surface area contributed by atoms with E-state index in [0.717, 1.165) is 9.13 Å². The normalized spacial score (nSPS) is 10.1. The lowest BCUT2D eigenvalue weighted by Gasteiger charge is -2.10. The summed E-state index contributed by atoms with van der Waals surface area (Å²) < 4.78 is 10.9. The third-order valence-corrected chi connectivity index (χ3v) is 3.91. The maximum Gasteiger partial charge on any atom is 0.342 e. The summed E-state index contributed by atoms with van der Waals surface area (Å²) in [5.41, 5.74) is 1.50. The maximum absolute atomic E-state index is 12.0. The second kappa shape index (κ2) is 8.00. The average Bonchev–Trinajstić information content (AvgIpc) is 2.55. The predicted octanol–water partition coefficient (Wildman–Crippen LogP) is 3.11. The van der Waals surface area contributed by atoms with E-state index in [1.807, 2.05) is 19.1 Å². The van der Waals surface area contributed by atoms with Gasteiger partial charge >= 0.3 is 5.97 Å². The standard InChI is InChI=1S/C17H16INO5/c1-10-8-11(18)6-7-13(10)19-15(20)9-24-17(22)12-4-3-5-14(23-2)16(12)21/h3-8,21H,9H2,1-2H3,(H,19,20). The lowest BCUT2D eigenvalue weighted by molar-refractivity contribution is -0.119. The monoisotopic (exact) mass is 441 g/mol. The first-order chi connectivity index (χ1) is 11.4. The van der Waals surface area contributed by atoms with E-state index in [4.69, 9.17) is 9.47 Å². The second-order valence-corrected chi connectivity index (χ2v) is 6.19. The van der Waals surface area contributed by atoms with Crippen LogP contribution in [0.4, 0.5) is 5.69 Å². The van der Waals surface area contributed by atoms with Gasteiger partial charge < -0.3 is 19.9 Å². The number of benzene rings is 2. The number of methoxy groups -OCH3 is 1. The lowest BCUT2D eigenvalue weighted by atomic mass is 10.2. The number of halogens is 1. The molecule has 2 aromatic rings. The number of aryl methyl sites for hydroxylation is 1. The minimum absolute atomic E-state index is 0.0624. The fraction of sp³-hybridized carbons (Fsp3) is 0.176. The molecule has 0 aliphatic carbocycles. The molecular formula is C17H16INO5. The number of aromatic hydroxyl groups is 1. The molecule has 0 aromatic heterocycles. The number of anilines is 1. The van der Waals surface area contributed by atoms with Crippen molar-refractivity contribution in [2.45, 2.75) is 6.92 Å². The topological polar surface area (TPSA) is 84.9 Å². The molecule has 2 rings (SSSR count). The van der Waals surface area contributed by atoms with Crippen molar-refractivity contribution >= 4 is 40.2 Å². The number of carbonyl (C=O) groups excluding carboxylic acids is 2. The summed E-state index contributed by atoms with van der Waals surface area (Å²) in [5, 5.41) is 12.6. The number of rotatable bonds is 5. The van der Waals surface area contributed by atoms with Crippen LogP contribution in [0.3, 0.4) is 0 Å². The first kappa shape index (κ1) is 18.1. The van der Waals surface area contributed by atoms with Gasteiger partial charge in [-0.25, -0.2) is 4.79 Å². The highest BCUT2D eigenvalue weighted by Gasteiger charge is 2.17. The van der Waals surface area contributed by atoms with Crippen LogP contribution >= 0.6 is 22.6 Å². The molecule has 0 spiro atoms. The van der Waals surface area contributed by atoms with Crippen LogP contribution in [0.25, 0.3) is 0 Å². The Kier molecular flexibility index (Phi) is 6.02. The van der Waals surface area contributed by atoms with Gasteiger partial charge in [0.15, 0.2) is 18.1 Å². The average molecular weight is 441 g/mol. The Morgan fingerprint density at radius 3 is 2.67 bits per heavy atom. The molecule has 24 heavy (non-hydrogen) atoms. The Hall–Kier alpha value is -2.29. The van der Waals surface area contributed by atoms with Gasteiger partial charge in [0.1, 0.15) is 5.56 Å². The highest BCUT2D eigenvalue weighted by atomic mass is 127. The number of ether oxygens (including phenoxy) is 2. The summed E-state index contributed by atoms with van der Waals surface area (Å²) in [5.74, 6) is -1.43. The van der Waals surface area contributed by atoms with Crippen molar-refractivity contribution in [1.82, 2.24) is 0 Å². The second-order valence-electron chi connectivity index (χ2n) is 4.94. The van der Waals surface area contributed by atoms with Gasteiger partial charge in [0.2, 0.25) is 0 Å². The van der Waals surface area contributed by atoms with Crippen LogP contribution in [0.1, 0.15) is 15.9 Å². The number of phenolic OH excluding ortho intramolecular Hbond substituents is 1. The van der Waals surface area contributed by atoms with E-state index in [9.17, 15) is 14.7 Å². The van der Waals surface area contributed by atoms with Crippen LogP contribution in [0, 0.1) is 10.5 Å². The first-order valence-electron chi connectivity index (χ1n) is 7.01. The van der Waals surface area contributed by atoms with Crippen LogP contribution in [0.5, 0.6) is 11.5 Å². The SMILES string of the molecule is COc1cccc(C(=O)OCC(=O)Nc2ccc(I)cc2C)c1O. The van der Waals surface area contributed by atoms with Gasteiger partial charge in [-0.3, -0.25) is 4.79 Å². The fourth-order valence-corrected chi connectivity index (χ4v) is 2.66. The quantitative estimate of drug-likeness (QED) is 0.551. The van der Waals surface area contributed by atoms with Gasteiger partial charge in [-0.1, -0.05) is 6.07 Å². The third kappa shape index (κ3) is 4.38. The molecule has 2 aromatic carbocycles. The lowest BCUT2D eigenvalue weighted by Crippen LogP contribution is -2.21. The Balaban J connectivity index is 1.97. The van der Waals surface area contributed by atoms with E-state index < -0.39 is 18.5 Å². The highest BCUT2D eigenvalue weighted by Crippen LogP contribution is 2.29. The van der Waals surface area contributed by atoms with Crippen molar-refractivity contribution in [3.05, 3.63) is 51.1 Å². The van der Waals surface area contributed by atoms with Crippen molar-refractivity contribution in [1.29, 1.82) is 0 Å². The molecule has 0 saturated carbocycles. The van der Waals surface area contributed by atoms with Crippen molar-refractivity contribution in [3.63, 3.8) is 0 Å². The van der Waals surface area contributed by atoms with E-state index in [0.29, 0.717) is 5.69 Å². The number of para-hydroxylation sites is 1. The summed E-state index contributed by atoms with van der Waals surface area (Å²) in [7, 11) is 1.38. The highest BCUT2D eigenvalue weighted by molar-refractivity contribution is 14.1. The van der Waals surface area contributed by atoms with E-state index in [2.05, 4.69) is 27.9 Å². The molecule has 126 valence electrons. The number of carbonyl (C=O) groups is 2. The molecule has 6 nitrogen and oxygen atoms in total. The van der Waals surface area contributed by atoms with Crippen molar-refractivity contribution in [2.75, 3.05) is 19.0 Å². The zero-order valence-electron chi connectivity index (χ0n) is 13.1. The molecule has 0 fully saturated rings. The minimum atomic E-state index is -0.805. The molecule has 7 heteroatoms. The zero-order valence-corrected chi connectivity index (χ0v) is 15.3. The molecule has 0 radical (unpaired) electrons. The Morgan fingerprint density at radius 2 is 2.00 bits per heavy atom. The van der Waals surface area contributed by atoms with Crippen molar-refractivity contribution in [2.24, 2.45) is 0 Å². The van der Waals surface area contributed by atoms with E-state index in [1.54, 1.807) is 12.1 Å². The maximum atomic E-state index is 12.0. The number of phenols is 1. The molecule has 0 aliphatic heterocycles. The summed E-state index contributed by atoms with van der Waals surface area (Å²) in [4.78, 5) is 23.9. The largest absolute Gasteiger partial charge is 0.504 e. The Bertz CT molecular complexity index is 776.